The minimum Gasteiger partial charge on any atom is -0.451 e. The second-order valence-corrected chi connectivity index (χ2v) is 10.3. The highest BCUT2D eigenvalue weighted by atomic mass is 19.1. The minimum absolute atomic E-state index is 0.0244. The van der Waals surface area contributed by atoms with E-state index < -0.39 is 40.1 Å². The third-order valence-corrected chi connectivity index (χ3v) is 8.98. The van der Waals surface area contributed by atoms with E-state index >= 15 is 4.39 Å². The Morgan fingerprint density at radius 1 is 1.23 bits per heavy atom. The van der Waals surface area contributed by atoms with Crippen molar-refractivity contribution in [3.05, 3.63) is 23.8 Å². The van der Waals surface area contributed by atoms with Gasteiger partial charge in [0.05, 0.1) is 6.10 Å². The van der Waals surface area contributed by atoms with Crippen molar-refractivity contribution in [1.29, 1.82) is 0 Å². The van der Waals surface area contributed by atoms with Crippen LogP contribution >= 0.6 is 0 Å². The monoisotopic (exact) mass is 418 g/mol. The number of allylic oxidation sites excluding steroid dienone is 4. The van der Waals surface area contributed by atoms with E-state index in [4.69, 9.17) is 4.74 Å². The lowest BCUT2D eigenvalue weighted by Crippen LogP contribution is -2.70. The highest BCUT2D eigenvalue weighted by Crippen LogP contribution is 2.71. The van der Waals surface area contributed by atoms with Crippen molar-refractivity contribution in [3.8, 4) is 0 Å². The third kappa shape index (κ3) is 2.34. The molecule has 30 heavy (non-hydrogen) atoms. The van der Waals surface area contributed by atoms with Crippen LogP contribution in [0.25, 0.3) is 0 Å². The van der Waals surface area contributed by atoms with Crippen LogP contribution in [0.2, 0.25) is 0 Å². The molecule has 6 heteroatoms. The summed E-state index contributed by atoms with van der Waals surface area (Å²) in [5.74, 6) is -1.72. The van der Waals surface area contributed by atoms with E-state index in [2.05, 4.69) is 0 Å². The highest BCUT2D eigenvalue weighted by molar-refractivity contribution is 6.01. The molecule has 164 valence electrons. The summed E-state index contributed by atoms with van der Waals surface area (Å²) in [5.41, 5.74) is -4.52. The molecule has 5 nitrogen and oxygen atoms in total. The lowest BCUT2D eigenvalue weighted by atomic mass is 9.43. The van der Waals surface area contributed by atoms with Crippen LogP contribution in [0.5, 0.6) is 0 Å². The van der Waals surface area contributed by atoms with E-state index in [1.165, 1.54) is 26.0 Å². The number of esters is 1. The molecule has 8 atom stereocenters. The van der Waals surface area contributed by atoms with Crippen LogP contribution in [0.4, 0.5) is 4.39 Å². The second-order valence-electron chi connectivity index (χ2n) is 10.3. The van der Waals surface area contributed by atoms with Gasteiger partial charge in [-0.3, -0.25) is 14.4 Å². The van der Waals surface area contributed by atoms with Crippen molar-refractivity contribution in [1.82, 2.24) is 0 Å². The molecule has 4 aliphatic rings. The molecule has 0 aromatic rings. The highest BCUT2D eigenvalue weighted by Gasteiger charge is 2.75. The van der Waals surface area contributed by atoms with Crippen molar-refractivity contribution in [2.75, 3.05) is 0 Å². The fourth-order valence-corrected chi connectivity index (χ4v) is 7.65. The molecular formula is C24H31FO5. The van der Waals surface area contributed by atoms with Gasteiger partial charge in [-0.05, 0) is 63.5 Å². The van der Waals surface area contributed by atoms with Crippen molar-refractivity contribution in [2.45, 2.75) is 77.7 Å². The molecule has 4 aliphatic carbocycles. The number of ketones is 2. The van der Waals surface area contributed by atoms with Crippen LogP contribution in [0.1, 0.15) is 60.3 Å². The van der Waals surface area contributed by atoms with Gasteiger partial charge in [-0.2, -0.15) is 0 Å². The molecule has 0 amide bonds. The number of Topliss-reactive ketones (excluding diaryl/α,β-unsaturated/α-hetero) is 1. The SMILES string of the molecule is CC(=O)O[C@]1(C(C)=O)CCC2C3C[C@H](C)C4=CC(=O)C=CC4(C)[C@@]3(F)C(O)CC21C. The number of hydrogen-bond donors (Lipinski definition) is 1. The summed E-state index contributed by atoms with van der Waals surface area (Å²) in [5, 5.41) is 11.3. The molecule has 0 radical (unpaired) electrons. The van der Waals surface area contributed by atoms with Gasteiger partial charge in [-0.25, -0.2) is 4.39 Å². The quantitative estimate of drug-likeness (QED) is 0.695. The fraction of sp³-hybridized carbons (Fsp3) is 0.708. The topological polar surface area (TPSA) is 80.7 Å². The Morgan fingerprint density at radius 3 is 2.50 bits per heavy atom. The number of fused-ring (bicyclic) bond motifs is 5. The van der Waals surface area contributed by atoms with Gasteiger partial charge >= 0.3 is 5.97 Å². The molecule has 0 saturated heterocycles. The predicted octanol–water partition coefficient (Wildman–Crippen LogP) is 3.49. The Balaban J connectivity index is 1.86. The van der Waals surface area contributed by atoms with Crippen LogP contribution in [-0.4, -0.2) is 40.0 Å². The Kier molecular flexibility index (Phi) is 4.53. The van der Waals surface area contributed by atoms with Crippen LogP contribution in [0.3, 0.4) is 0 Å². The van der Waals surface area contributed by atoms with Crippen molar-refractivity contribution >= 4 is 17.5 Å². The van der Waals surface area contributed by atoms with Gasteiger partial charge in [0.25, 0.3) is 0 Å². The Bertz CT molecular complexity index is 892. The Hall–Kier alpha value is -1.82. The van der Waals surface area contributed by atoms with Crippen LogP contribution in [0.15, 0.2) is 23.8 Å². The van der Waals surface area contributed by atoms with Gasteiger partial charge in [0, 0.05) is 23.7 Å². The smallest absolute Gasteiger partial charge is 0.303 e. The lowest BCUT2D eigenvalue weighted by Gasteiger charge is -2.63. The number of rotatable bonds is 2. The first kappa shape index (κ1) is 21.4. The molecule has 0 aliphatic heterocycles. The number of ether oxygens (including phenoxy) is 1. The molecule has 0 spiro atoms. The standard InChI is InChI=1S/C24H31FO5/c1-13-10-19-17-7-9-23(14(2)26,30-15(3)27)22(17,5)12-20(29)24(19,25)21(4)8-6-16(28)11-18(13)21/h6,8,11,13,17,19-20,29H,7,9-10,12H2,1-5H3/t13-,17?,19?,20?,21?,22?,23-,24-/m0/s1. The molecule has 3 saturated carbocycles. The average Bonchev–Trinajstić information content (AvgIpc) is 2.92. The van der Waals surface area contributed by atoms with Crippen LogP contribution in [-0.2, 0) is 19.1 Å². The normalized spacial score (nSPS) is 49.6. The number of hydrogen-bond acceptors (Lipinski definition) is 5. The summed E-state index contributed by atoms with van der Waals surface area (Å²) < 4.78 is 22.8. The fourth-order valence-electron chi connectivity index (χ4n) is 7.65. The number of alkyl halides is 1. The summed E-state index contributed by atoms with van der Waals surface area (Å²) in [4.78, 5) is 36.7. The van der Waals surface area contributed by atoms with Crippen molar-refractivity contribution < 1.29 is 28.6 Å². The van der Waals surface area contributed by atoms with Crippen LogP contribution < -0.4 is 0 Å². The van der Waals surface area contributed by atoms with E-state index in [0.29, 0.717) is 19.3 Å². The molecular weight excluding hydrogens is 387 g/mol. The van der Waals surface area contributed by atoms with Gasteiger partial charge in [0.15, 0.2) is 22.8 Å². The lowest BCUT2D eigenvalue weighted by molar-refractivity contribution is -0.226. The van der Waals surface area contributed by atoms with Gasteiger partial charge in [-0.1, -0.05) is 25.5 Å². The number of halogens is 1. The summed E-state index contributed by atoms with van der Waals surface area (Å²) in [6.07, 6.45) is 4.58. The molecule has 4 rings (SSSR count). The first-order valence-electron chi connectivity index (χ1n) is 10.9. The molecule has 0 heterocycles. The zero-order chi connectivity index (χ0) is 22.3. The van der Waals surface area contributed by atoms with Gasteiger partial charge < -0.3 is 9.84 Å². The molecule has 0 aromatic carbocycles. The Labute approximate surface area is 176 Å². The van der Waals surface area contributed by atoms with E-state index in [-0.39, 0.29) is 29.8 Å². The van der Waals surface area contributed by atoms with Crippen molar-refractivity contribution in [3.63, 3.8) is 0 Å². The van der Waals surface area contributed by atoms with Crippen molar-refractivity contribution in [2.24, 2.45) is 28.6 Å². The molecule has 1 N–H and O–H groups in total. The van der Waals surface area contributed by atoms with Gasteiger partial charge in [-0.15, -0.1) is 0 Å². The number of carbonyl (C=O) groups excluding carboxylic acids is 3. The maximum atomic E-state index is 17.1. The summed E-state index contributed by atoms with van der Waals surface area (Å²) in [6.45, 7) is 8.34. The van der Waals surface area contributed by atoms with Gasteiger partial charge in [0.1, 0.15) is 0 Å². The second kappa shape index (κ2) is 6.35. The zero-order valence-electron chi connectivity index (χ0n) is 18.3. The molecule has 0 aromatic heterocycles. The number of aliphatic hydroxyl groups is 1. The molecule has 5 unspecified atom stereocenters. The minimum atomic E-state index is -1.96. The summed E-state index contributed by atoms with van der Waals surface area (Å²) in [6, 6.07) is 0. The van der Waals surface area contributed by atoms with E-state index in [1.54, 1.807) is 13.0 Å². The van der Waals surface area contributed by atoms with Crippen LogP contribution in [0, 0.1) is 28.6 Å². The van der Waals surface area contributed by atoms with Gasteiger partial charge in [0.2, 0.25) is 0 Å². The molecule has 0 bridgehead atoms. The van der Waals surface area contributed by atoms with E-state index in [9.17, 15) is 19.5 Å². The molecule has 3 fully saturated rings. The zero-order valence-corrected chi connectivity index (χ0v) is 18.3. The predicted molar refractivity (Wildman–Crippen MR) is 108 cm³/mol. The number of aliphatic hydroxyl groups excluding tert-OH is 1. The van der Waals surface area contributed by atoms with E-state index in [0.717, 1.165) is 5.57 Å². The maximum Gasteiger partial charge on any atom is 0.303 e. The first-order valence-corrected chi connectivity index (χ1v) is 10.9. The third-order valence-electron chi connectivity index (χ3n) is 8.98. The average molecular weight is 419 g/mol. The summed E-state index contributed by atoms with van der Waals surface area (Å²) >= 11 is 0. The Morgan fingerprint density at radius 2 is 1.90 bits per heavy atom. The maximum absolute atomic E-state index is 17.1. The first-order chi connectivity index (χ1) is 13.8. The van der Waals surface area contributed by atoms with E-state index in [1.807, 2.05) is 13.8 Å². The summed E-state index contributed by atoms with van der Waals surface area (Å²) in [7, 11) is 0. The largest absolute Gasteiger partial charge is 0.451 e. The number of carbonyl (C=O) groups is 3.